The van der Waals surface area contributed by atoms with Gasteiger partial charge in [-0.05, 0) is 37.1 Å². The summed E-state index contributed by atoms with van der Waals surface area (Å²) in [5.74, 6) is -1.22. The van der Waals surface area contributed by atoms with Gasteiger partial charge in [0.15, 0.2) is 0 Å². The van der Waals surface area contributed by atoms with E-state index in [9.17, 15) is 9.18 Å². The Bertz CT molecular complexity index is 655. The first kappa shape index (κ1) is 15.0. The molecule has 0 saturated heterocycles. The molecule has 2 aromatic rings. The molecule has 2 rings (SSSR count). The molecule has 0 saturated carbocycles. The zero-order valence-electron chi connectivity index (χ0n) is 12.1. The third-order valence-electron chi connectivity index (χ3n) is 3.58. The number of carboxylic acids is 1. The molecule has 0 spiro atoms. The van der Waals surface area contributed by atoms with Gasteiger partial charge in [-0.2, -0.15) is 0 Å². The van der Waals surface area contributed by atoms with Gasteiger partial charge in [-0.15, -0.1) is 0 Å². The summed E-state index contributed by atoms with van der Waals surface area (Å²) in [4.78, 5) is 11.2. The van der Waals surface area contributed by atoms with Crippen LogP contribution in [0.5, 0.6) is 0 Å². The summed E-state index contributed by atoms with van der Waals surface area (Å²) in [5, 5.41) is 12.4. The number of nitrogens with one attached hydrogen (secondary N) is 1. The van der Waals surface area contributed by atoms with Gasteiger partial charge < -0.3 is 10.4 Å². The van der Waals surface area contributed by atoms with Crippen molar-refractivity contribution >= 4 is 11.7 Å². The number of hydrogen-bond acceptors (Lipinski definition) is 2. The summed E-state index contributed by atoms with van der Waals surface area (Å²) in [6, 6.07) is 11.5. The highest BCUT2D eigenvalue weighted by Crippen LogP contribution is 2.27. The molecule has 0 bridgehead atoms. The monoisotopic (exact) mass is 287 g/mol. The number of benzene rings is 2. The maximum absolute atomic E-state index is 13.9. The summed E-state index contributed by atoms with van der Waals surface area (Å²) in [6.45, 7) is 3.71. The van der Waals surface area contributed by atoms with Crippen LogP contribution in [0, 0.1) is 12.7 Å². The number of hydrogen-bond donors (Lipinski definition) is 2. The minimum Gasteiger partial charge on any atom is -0.478 e. The van der Waals surface area contributed by atoms with Crippen LogP contribution in [0.1, 0.15) is 40.9 Å². The van der Waals surface area contributed by atoms with Crippen LogP contribution in [0.2, 0.25) is 0 Å². The highest BCUT2D eigenvalue weighted by Gasteiger charge is 2.16. The van der Waals surface area contributed by atoms with E-state index in [1.807, 2.05) is 13.0 Å². The van der Waals surface area contributed by atoms with Gasteiger partial charge in [0.25, 0.3) is 0 Å². The number of halogens is 1. The Kier molecular flexibility index (Phi) is 4.58. The van der Waals surface area contributed by atoms with E-state index in [2.05, 4.69) is 5.32 Å². The van der Waals surface area contributed by atoms with E-state index in [1.165, 1.54) is 6.07 Å². The fourth-order valence-electron chi connectivity index (χ4n) is 2.37. The van der Waals surface area contributed by atoms with Gasteiger partial charge in [0.2, 0.25) is 0 Å². The molecule has 0 aliphatic heterocycles. The Morgan fingerprint density at radius 2 is 1.95 bits per heavy atom. The lowest BCUT2D eigenvalue weighted by Crippen LogP contribution is -2.13. The molecule has 1 atom stereocenters. The second-order valence-corrected chi connectivity index (χ2v) is 4.91. The largest absolute Gasteiger partial charge is 0.478 e. The Morgan fingerprint density at radius 1 is 1.24 bits per heavy atom. The Hall–Kier alpha value is -2.36. The van der Waals surface area contributed by atoms with Crippen molar-refractivity contribution in [1.29, 1.82) is 0 Å². The lowest BCUT2D eigenvalue weighted by molar-refractivity contribution is 0.0696. The number of carbonyl (C=O) groups is 1. The summed E-state index contributed by atoms with van der Waals surface area (Å²) < 4.78 is 13.9. The molecule has 110 valence electrons. The number of carboxylic acid groups (broad SMARTS) is 1. The Morgan fingerprint density at radius 3 is 2.57 bits per heavy atom. The first-order chi connectivity index (χ1) is 10.0. The molecule has 0 radical (unpaired) electrons. The van der Waals surface area contributed by atoms with Crippen LogP contribution in [-0.2, 0) is 0 Å². The van der Waals surface area contributed by atoms with E-state index >= 15 is 0 Å². The second kappa shape index (κ2) is 6.39. The lowest BCUT2D eigenvalue weighted by atomic mass is 10.0. The van der Waals surface area contributed by atoms with Crippen molar-refractivity contribution in [3.8, 4) is 0 Å². The molecule has 0 aliphatic carbocycles. The van der Waals surface area contributed by atoms with Crippen molar-refractivity contribution in [3.05, 3.63) is 65.0 Å². The molecule has 4 heteroatoms. The zero-order chi connectivity index (χ0) is 15.4. The number of aromatic carboxylic acids is 1. The molecule has 0 fully saturated rings. The van der Waals surface area contributed by atoms with E-state index in [0.29, 0.717) is 23.2 Å². The summed E-state index contributed by atoms with van der Waals surface area (Å²) in [5.41, 5.74) is 2.20. The standard InChI is InChI=1S/C17H18FNO2/c1-3-15(13-7-4-5-9-14(13)18)19-16-10-6-8-12(11(16)2)17(20)21/h4-10,15,19H,3H2,1-2H3,(H,20,21). The third kappa shape index (κ3) is 3.21. The summed E-state index contributed by atoms with van der Waals surface area (Å²) in [7, 11) is 0. The van der Waals surface area contributed by atoms with Gasteiger partial charge in [-0.3, -0.25) is 0 Å². The van der Waals surface area contributed by atoms with E-state index in [4.69, 9.17) is 5.11 Å². The average molecular weight is 287 g/mol. The molecule has 2 aromatic carbocycles. The van der Waals surface area contributed by atoms with Crippen LogP contribution >= 0.6 is 0 Å². The zero-order valence-corrected chi connectivity index (χ0v) is 12.1. The van der Waals surface area contributed by atoms with Crippen molar-refractivity contribution in [3.63, 3.8) is 0 Å². The maximum atomic E-state index is 13.9. The van der Waals surface area contributed by atoms with Gasteiger partial charge in [0, 0.05) is 11.3 Å². The van der Waals surface area contributed by atoms with Crippen LogP contribution in [0.25, 0.3) is 0 Å². The molecule has 3 nitrogen and oxygen atoms in total. The lowest BCUT2D eigenvalue weighted by Gasteiger charge is -2.21. The smallest absolute Gasteiger partial charge is 0.336 e. The molecule has 0 amide bonds. The molecular weight excluding hydrogens is 269 g/mol. The molecule has 0 aliphatic rings. The molecule has 0 heterocycles. The highest BCUT2D eigenvalue weighted by molar-refractivity contribution is 5.91. The van der Waals surface area contributed by atoms with E-state index in [1.54, 1.807) is 37.3 Å². The van der Waals surface area contributed by atoms with Gasteiger partial charge in [0.05, 0.1) is 11.6 Å². The minimum atomic E-state index is -0.963. The Labute approximate surface area is 123 Å². The van der Waals surface area contributed by atoms with Crippen molar-refractivity contribution in [2.75, 3.05) is 5.32 Å². The predicted octanol–water partition coefficient (Wildman–Crippen LogP) is 4.40. The van der Waals surface area contributed by atoms with Crippen molar-refractivity contribution in [2.45, 2.75) is 26.3 Å². The SMILES string of the molecule is CCC(Nc1cccc(C(=O)O)c1C)c1ccccc1F. The van der Waals surface area contributed by atoms with Crippen molar-refractivity contribution < 1.29 is 14.3 Å². The average Bonchev–Trinajstić information content (AvgIpc) is 2.47. The molecule has 0 aromatic heterocycles. The van der Waals surface area contributed by atoms with E-state index in [0.717, 1.165) is 0 Å². The van der Waals surface area contributed by atoms with Gasteiger partial charge >= 0.3 is 5.97 Å². The second-order valence-electron chi connectivity index (χ2n) is 4.91. The first-order valence-corrected chi connectivity index (χ1v) is 6.88. The minimum absolute atomic E-state index is 0.200. The summed E-state index contributed by atoms with van der Waals surface area (Å²) in [6.07, 6.45) is 0.692. The van der Waals surface area contributed by atoms with Crippen LogP contribution in [0.15, 0.2) is 42.5 Å². The predicted molar refractivity (Wildman–Crippen MR) is 81.2 cm³/mol. The topological polar surface area (TPSA) is 49.3 Å². The van der Waals surface area contributed by atoms with Crippen LogP contribution in [-0.4, -0.2) is 11.1 Å². The van der Waals surface area contributed by atoms with Crippen LogP contribution < -0.4 is 5.32 Å². The van der Waals surface area contributed by atoms with Crippen LogP contribution in [0.4, 0.5) is 10.1 Å². The van der Waals surface area contributed by atoms with Crippen molar-refractivity contribution in [2.24, 2.45) is 0 Å². The first-order valence-electron chi connectivity index (χ1n) is 6.88. The normalized spacial score (nSPS) is 12.0. The third-order valence-corrected chi connectivity index (χ3v) is 3.58. The molecule has 21 heavy (non-hydrogen) atoms. The van der Waals surface area contributed by atoms with E-state index < -0.39 is 5.97 Å². The van der Waals surface area contributed by atoms with Crippen molar-refractivity contribution in [1.82, 2.24) is 0 Å². The highest BCUT2D eigenvalue weighted by atomic mass is 19.1. The van der Waals surface area contributed by atoms with Gasteiger partial charge in [-0.1, -0.05) is 31.2 Å². The fraction of sp³-hybridized carbons (Fsp3) is 0.235. The maximum Gasteiger partial charge on any atom is 0.336 e. The fourth-order valence-corrected chi connectivity index (χ4v) is 2.37. The van der Waals surface area contributed by atoms with Gasteiger partial charge in [-0.25, -0.2) is 9.18 Å². The summed E-state index contributed by atoms with van der Waals surface area (Å²) >= 11 is 0. The number of anilines is 1. The van der Waals surface area contributed by atoms with Gasteiger partial charge in [0.1, 0.15) is 5.82 Å². The molecular formula is C17H18FNO2. The Balaban J connectivity index is 2.34. The number of rotatable bonds is 5. The van der Waals surface area contributed by atoms with E-state index in [-0.39, 0.29) is 17.4 Å². The molecule has 1 unspecified atom stereocenters. The van der Waals surface area contributed by atoms with Crippen LogP contribution in [0.3, 0.4) is 0 Å². The molecule has 2 N–H and O–H groups in total. The quantitative estimate of drug-likeness (QED) is 0.857.